The lowest BCUT2D eigenvalue weighted by Gasteiger charge is -2.41. The largest absolute Gasteiger partial charge is 0.381 e. The number of aromatic nitrogens is 3. The third-order valence-corrected chi connectivity index (χ3v) is 7.58. The molecule has 1 saturated carbocycles. The van der Waals surface area contributed by atoms with E-state index in [9.17, 15) is 0 Å². The Labute approximate surface area is 184 Å². The van der Waals surface area contributed by atoms with Crippen LogP contribution in [0.15, 0.2) is 18.2 Å². The van der Waals surface area contributed by atoms with Gasteiger partial charge < -0.3 is 9.64 Å². The lowest BCUT2D eigenvalue weighted by atomic mass is 9.84. The molecule has 1 atom stereocenters. The second-order valence-electron chi connectivity index (χ2n) is 9.19. The number of halogens is 1. The maximum absolute atomic E-state index is 6.32. The molecule has 1 unspecified atom stereocenters. The number of ether oxygens (including phenoxy) is 1. The molecule has 0 bridgehead atoms. The fraction of sp³-hybridized carbons (Fsp3) is 0.652. The van der Waals surface area contributed by atoms with Crippen molar-refractivity contribution in [2.24, 2.45) is 0 Å². The number of hydrogen-bond donors (Lipinski definition) is 0. The average Bonchev–Trinajstić information content (AvgIpc) is 3.10. The molecule has 0 spiro atoms. The molecule has 5 rings (SSSR count). The molecule has 1 saturated heterocycles. The van der Waals surface area contributed by atoms with Crippen LogP contribution < -0.4 is 0 Å². The van der Waals surface area contributed by atoms with E-state index in [-0.39, 0.29) is 6.10 Å². The van der Waals surface area contributed by atoms with Crippen LogP contribution in [0.4, 0.5) is 0 Å². The van der Waals surface area contributed by atoms with Gasteiger partial charge in [-0.25, -0.2) is 0 Å². The Morgan fingerprint density at radius 2 is 1.77 bits per heavy atom. The van der Waals surface area contributed by atoms with E-state index in [1.807, 2.05) is 6.07 Å². The summed E-state index contributed by atoms with van der Waals surface area (Å²) in [5, 5.41) is 10.1. The quantitative estimate of drug-likeness (QED) is 0.749. The van der Waals surface area contributed by atoms with E-state index in [0.29, 0.717) is 5.92 Å². The first-order valence-corrected chi connectivity index (χ1v) is 11.7. The zero-order chi connectivity index (χ0) is 20.7. The van der Waals surface area contributed by atoms with Gasteiger partial charge in [0.15, 0.2) is 0 Å². The molecular weight excluding hydrogens is 398 g/mol. The Morgan fingerprint density at radius 3 is 2.50 bits per heavy atom. The minimum absolute atomic E-state index is 0.105. The van der Waals surface area contributed by atoms with E-state index in [4.69, 9.17) is 21.4 Å². The molecular formula is C23H32ClN5O. The molecule has 162 valence electrons. The summed E-state index contributed by atoms with van der Waals surface area (Å²) >= 11 is 6.32. The number of methoxy groups -OCH3 is 1. The van der Waals surface area contributed by atoms with Crippen LogP contribution in [0, 0.1) is 0 Å². The third kappa shape index (κ3) is 3.91. The zero-order valence-corrected chi connectivity index (χ0v) is 18.8. The molecule has 1 aliphatic carbocycles. The Hall–Kier alpha value is -1.47. The Morgan fingerprint density at radius 1 is 1.00 bits per heavy atom. The van der Waals surface area contributed by atoms with Crippen LogP contribution in [0.1, 0.15) is 48.8 Å². The fourth-order valence-corrected chi connectivity index (χ4v) is 5.69. The molecule has 0 N–H and O–H groups in total. The van der Waals surface area contributed by atoms with E-state index in [0.717, 1.165) is 35.6 Å². The normalized spacial score (nSPS) is 28.0. The highest BCUT2D eigenvalue weighted by atomic mass is 35.5. The van der Waals surface area contributed by atoms with Gasteiger partial charge in [0.2, 0.25) is 0 Å². The summed E-state index contributed by atoms with van der Waals surface area (Å²) in [5.74, 6) is 2.61. The first-order chi connectivity index (χ1) is 14.6. The maximum Gasteiger partial charge on any atom is 0.140 e. The van der Waals surface area contributed by atoms with Crippen LogP contribution in [-0.2, 0) is 17.6 Å². The van der Waals surface area contributed by atoms with Crippen LogP contribution in [0.5, 0.6) is 0 Å². The highest BCUT2D eigenvalue weighted by Gasteiger charge is 2.33. The SMILES string of the molecule is COC1Cc2cc(Cl)ccc2-n2c(nnc2[C@H]2CC[C@@H](N3CCN(C)CC3)CC2)C1. The Balaban J connectivity index is 1.38. The molecule has 2 aliphatic heterocycles. The fourth-order valence-electron chi connectivity index (χ4n) is 5.50. The van der Waals surface area contributed by atoms with Crippen LogP contribution in [0.25, 0.3) is 5.69 Å². The first kappa shape index (κ1) is 20.4. The number of rotatable bonds is 3. The topological polar surface area (TPSA) is 46.4 Å². The second kappa shape index (κ2) is 8.58. The molecule has 2 fully saturated rings. The van der Waals surface area contributed by atoms with Gasteiger partial charge in [-0.3, -0.25) is 9.47 Å². The average molecular weight is 430 g/mol. The maximum atomic E-state index is 6.32. The highest BCUT2D eigenvalue weighted by Crippen LogP contribution is 2.37. The first-order valence-electron chi connectivity index (χ1n) is 11.3. The van der Waals surface area contributed by atoms with Gasteiger partial charge in [0.25, 0.3) is 0 Å². The van der Waals surface area contributed by atoms with Crippen molar-refractivity contribution in [3.8, 4) is 5.69 Å². The number of piperazine rings is 1. The van der Waals surface area contributed by atoms with Crippen molar-refractivity contribution in [2.45, 2.75) is 56.6 Å². The Kier molecular flexibility index (Phi) is 5.84. The molecule has 0 amide bonds. The molecule has 1 aromatic heterocycles. The molecule has 30 heavy (non-hydrogen) atoms. The van der Waals surface area contributed by atoms with Gasteiger partial charge in [-0.05, 0) is 56.5 Å². The van der Waals surface area contributed by atoms with E-state index in [1.54, 1.807) is 7.11 Å². The zero-order valence-electron chi connectivity index (χ0n) is 18.1. The summed E-state index contributed by atoms with van der Waals surface area (Å²) in [5.41, 5.74) is 2.40. The van der Waals surface area contributed by atoms with Crippen molar-refractivity contribution < 1.29 is 4.74 Å². The van der Waals surface area contributed by atoms with Gasteiger partial charge >= 0.3 is 0 Å². The molecule has 2 aromatic rings. The van der Waals surface area contributed by atoms with E-state index < -0.39 is 0 Å². The molecule has 1 aromatic carbocycles. The van der Waals surface area contributed by atoms with Crippen molar-refractivity contribution in [1.29, 1.82) is 0 Å². The molecule has 7 heteroatoms. The van der Waals surface area contributed by atoms with Gasteiger partial charge in [-0.1, -0.05) is 11.6 Å². The number of nitrogens with zero attached hydrogens (tertiary/aromatic N) is 5. The van der Waals surface area contributed by atoms with Crippen LogP contribution in [0.2, 0.25) is 5.02 Å². The summed E-state index contributed by atoms with van der Waals surface area (Å²) in [6, 6.07) is 6.91. The van der Waals surface area contributed by atoms with Crippen LogP contribution in [-0.4, -0.2) is 77.0 Å². The molecule has 3 aliphatic rings. The highest BCUT2D eigenvalue weighted by molar-refractivity contribution is 6.30. The summed E-state index contributed by atoms with van der Waals surface area (Å²) in [6.07, 6.45) is 6.62. The van der Waals surface area contributed by atoms with Crippen molar-refractivity contribution in [3.63, 3.8) is 0 Å². The second-order valence-corrected chi connectivity index (χ2v) is 9.63. The minimum Gasteiger partial charge on any atom is -0.381 e. The summed E-state index contributed by atoms with van der Waals surface area (Å²) in [7, 11) is 4.01. The standard InChI is InChI=1S/C23H32ClN5O/c1-27-9-11-28(12-10-27)19-6-3-16(4-7-19)23-26-25-22-15-20(30-2)14-17-13-18(24)5-8-21(17)29(22)23/h5,8,13,16,19-20H,3-4,6-7,9-12,14-15H2,1-2H3/t16-,19+,20?. The van der Waals surface area contributed by atoms with Gasteiger partial charge in [0.1, 0.15) is 11.6 Å². The lowest BCUT2D eigenvalue weighted by Crippen LogP contribution is -2.49. The van der Waals surface area contributed by atoms with Crippen molar-refractivity contribution >= 4 is 11.6 Å². The number of fused-ring (bicyclic) bond motifs is 3. The van der Waals surface area contributed by atoms with Crippen LogP contribution in [0.3, 0.4) is 0 Å². The molecule has 6 nitrogen and oxygen atoms in total. The van der Waals surface area contributed by atoms with Gasteiger partial charge in [0.05, 0.1) is 11.8 Å². The minimum atomic E-state index is 0.105. The monoisotopic (exact) mass is 429 g/mol. The number of benzene rings is 1. The molecule has 3 heterocycles. The van der Waals surface area contributed by atoms with E-state index >= 15 is 0 Å². The summed E-state index contributed by atoms with van der Waals surface area (Å²) in [6.45, 7) is 4.80. The lowest BCUT2D eigenvalue weighted by molar-refractivity contribution is 0.0871. The van der Waals surface area contributed by atoms with Crippen molar-refractivity contribution in [2.75, 3.05) is 40.3 Å². The predicted molar refractivity (Wildman–Crippen MR) is 119 cm³/mol. The number of likely N-dealkylation sites (N-methyl/N-ethyl adjacent to an activating group) is 1. The van der Waals surface area contributed by atoms with Gasteiger partial charge in [-0.2, -0.15) is 0 Å². The smallest absolute Gasteiger partial charge is 0.140 e. The number of hydrogen-bond acceptors (Lipinski definition) is 5. The van der Waals surface area contributed by atoms with Crippen molar-refractivity contribution in [3.05, 3.63) is 40.4 Å². The van der Waals surface area contributed by atoms with E-state index in [1.165, 1.54) is 63.1 Å². The summed E-state index contributed by atoms with van der Waals surface area (Å²) in [4.78, 5) is 5.14. The van der Waals surface area contributed by atoms with Crippen LogP contribution >= 0.6 is 11.6 Å². The van der Waals surface area contributed by atoms with Gasteiger partial charge in [-0.15, -0.1) is 10.2 Å². The third-order valence-electron chi connectivity index (χ3n) is 7.34. The van der Waals surface area contributed by atoms with Crippen molar-refractivity contribution in [1.82, 2.24) is 24.6 Å². The summed E-state index contributed by atoms with van der Waals surface area (Å²) < 4.78 is 8.05. The predicted octanol–water partition coefficient (Wildman–Crippen LogP) is 3.31. The Bertz CT molecular complexity index is 884. The van der Waals surface area contributed by atoms with Gasteiger partial charge in [0, 0.05) is 63.1 Å². The molecule has 0 radical (unpaired) electrons. The van der Waals surface area contributed by atoms with E-state index in [2.05, 4.69) is 38.6 Å².